The van der Waals surface area contributed by atoms with Crippen molar-refractivity contribution >= 4 is 17.5 Å². The molecular formula is C38H43N3O6. The molecule has 0 bridgehead atoms. The smallest absolute Gasteiger partial charge is 0.243 e. The van der Waals surface area contributed by atoms with Gasteiger partial charge in [-0.2, -0.15) is 0 Å². The van der Waals surface area contributed by atoms with Crippen LogP contribution >= 0.6 is 0 Å². The molecule has 1 heterocycles. The van der Waals surface area contributed by atoms with E-state index in [1.165, 1.54) is 11.1 Å². The Balaban J connectivity index is 1.33. The number of hydrogen-bond donors (Lipinski definition) is 4. The van der Waals surface area contributed by atoms with Crippen LogP contribution in [0, 0.1) is 0 Å². The van der Waals surface area contributed by atoms with Crippen molar-refractivity contribution in [2.24, 2.45) is 0 Å². The van der Waals surface area contributed by atoms with Gasteiger partial charge in [-0.25, -0.2) is 5.48 Å². The molecule has 3 atom stereocenters. The van der Waals surface area contributed by atoms with Crippen LogP contribution in [-0.4, -0.2) is 39.7 Å². The number of carbonyl (C=O) groups excluding carboxylic acids is 2. The van der Waals surface area contributed by atoms with E-state index in [0.717, 1.165) is 29.8 Å². The summed E-state index contributed by atoms with van der Waals surface area (Å²) in [6.45, 7) is 2.19. The first-order valence-corrected chi connectivity index (χ1v) is 16.1. The molecule has 0 unspecified atom stereocenters. The quantitative estimate of drug-likeness (QED) is 0.0674. The summed E-state index contributed by atoms with van der Waals surface area (Å²) in [4.78, 5) is 26.3. The Labute approximate surface area is 276 Å². The van der Waals surface area contributed by atoms with Gasteiger partial charge < -0.3 is 19.9 Å². The summed E-state index contributed by atoms with van der Waals surface area (Å²) in [5.41, 5.74) is 7.33. The van der Waals surface area contributed by atoms with E-state index in [0.29, 0.717) is 31.5 Å². The van der Waals surface area contributed by atoms with Gasteiger partial charge in [0.2, 0.25) is 11.8 Å². The van der Waals surface area contributed by atoms with E-state index in [1.54, 1.807) is 5.48 Å². The van der Waals surface area contributed by atoms with E-state index in [1.807, 2.05) is 60.7 Å². The van der Waals surface area contributed by atoms with Gasteiger partial charge in [0.25, 0.3) is 0 Å². The first-order chi connectivity index (χ1) is 23.0. The Kier molecular flexibility index (Phi) is 12.7. The molecule has 1 aliphatic heterocycles. The van der Waals surface area contributed by atoms with E-state index in [9.17, 15) is 14.7 Å². The zero-order valence-corrected chi connectivity index (χ0v) is 26.5. The minimum Gasteiger partial charge on any atom is -0.392 e. The van der Waals surface area contributed by atoms with Gasteiger partial charge in [0.1, 0.15) is 0 Å². The number of amides is 2. The predicted molar refractivity (Wildman–Crippen MR) is 179 cm³/mol. The molecule has 9 nitrogen and oxygen atoms in total. The maximum absolute atomic E-state index is 12.6. The molecule has 0 saturated carbocycles. The predicted octanol–water partition coefficient (Wildman–Crippen LogP) is 6.43. The molecule has 0 aliphatic carbocycles. The van der Waals surface area contributed by atoms with Gasteiger partial charge in [0, 0.05) is 50.1 Å². The Morgan fingerprint density at radius 1 is 0.723 bits per heavy atom. The third-order valence-corrected chi connectivity index (χ3v) is 8.20. The maximum atomic E-state index is 12.6. The number of nitrogens with one attached hydrogen (secondary N) is 2. The van der Waals surface area contributed by atoms with Crippen LogP contribution in [0.5, 0.6) is 0 Å². The standard InChI is InChI=1S/C38H43N3O6/c42-27-30-18-20-31(21-19-30)35-23-34(26-41(24-28-10-3-1-4-11-28)25-29-12-5-2-6-13-29)46-38(47-35)32-14-9-15-33(22-32)39-36(43)16-7-8-17-37(44)40-45/h1-6,9-15,18-22,34-35,38,42,45H,7-8,16-17,23-27H2,(H,39,43)(H,40,44)/t34-,35+,38+/m1/s1. The third-order valence-electron chi connectivity index (χ3n) is 8.20. The summed E-state index contributed by atoms with van der Waals surface area (Å²) in [6, 6.07) is 36.2. The van der Waals surface area contributed by atoms with Crippen LogP contribution in [0.4, 0.5) is 5.69 Å². The Bertz CT molecular complexity index is 1510. The SMILES string of the molecule is O=C(CCCCC(=O)Nc1cccc([C@H]2O[C@@H](CN(Cc3ccccc3)Cc3ccccc3)C[C@@H](c3ccc(CO)cc3)O2)c1)NO. The number of ether oxygens (including phenoxy) is 2. The first-order valence-electron chi connectivity index (χ1n) is 16.1. The third kappa shape index (κ3) is 10.6. The number of benzene rings is 4. The Hall–Kier alpha value is -4.38. The lowest BCUT2D eigenvalue weighted by Crippen LogP contribution is -2.39. The highest BCUT2D eigenvalue weighted by Crippen LogP contribution is 2.39. The molecule has 5 rings (SSSR count). The largest absolute Gasteiger partial charge is 0.392 e. The van der Waals surface area contributed by atoms with Crippen LogP contribution in [-0.2, 0) is 38.8 Å². The topological polar surface area (TPSA) is 120 Å². The van der Waals surface area contributed by atoms with Crippen LogP contribution in [0.1, 0.15) is 72.3 Å². The Morgan fingerprint density at radius 2 is 1.36 bits per heavy atom. The van der Waals surface area contributed by atoms with E-state index in [2.05, 4.69) is 58.7 Å². The fraction of sp³-hybridized carbons (Fsp3) is 0.316. The number of aliphatic hydroxyl groups excluding tert-OH is 1. The van der Waals surface area contributed by atoms with E-state index >= 15 is 0 Å². The molecule has 0 spiro atoms. The number of anilines is 1. The van der Waals surface area contributed by atoms with Crippen molar-refractivity contribution < 1.29 is 29.4 Å². The van der Waals surface area contributed by atoms with Crippen molar-refractivity contribution in [3.05, 3.63) is 137 Å². The van der Waals surface area contributed by atoms with Crippen molar-refractivity contribution in [1.82, 2.24) is 10.4 Å². The second-order valence-electron chi connectivity index (χ2n) is 11.9. The van der Waals surface area contributed by atoms with Crippen LogP contribution in [0.25, 0.3) is 0 Å². The lowest BCUT2D eigenvalue weighted by Gasteiger charge is -2.38. The Morgan fingerprint density at radius 3 is 1.98 bits per heavy atom. The summed E-state index contributed by atoms with van der Waals surface area (Å²) in [5, 5.41) is 21.2. The number of carbonyl (C=O) groups is 2. The zero-order valence-electron chi connectivity index (χ0n) is 26.5. The van der Waals surface area contributed by atoms with Crippen LogP contribution in [0.2, 0.25) is 0 Å². The van der Waals surface area contributed by atoms with Crippen LogP contribution < -0.4 is 10.8 Å². The van der Waals surface area contributed by atoms with Crippen molar-refractivity contribution in [3.63, 3.8) is 0 Å². The molecule has 4 aromatic rings. The van der Waals surface area contributed by atoms with Gasteiger partial charge in [-0.3, -0.25) is 19.7 Å². The lowest BCUT2D eigenvalue weighted by atomic mass is 9.99. The average molecular weight is 638 g/mol. The molecular weight excluding hydrogens is 594 g/mol. The second kappa shape index (κ2) is 17.5. The summed E-state index contributed by atoms with van der Waals surface area (Å²) in [7, 11) is 0. The number of aliphatic hydroxyl groups is 1. The number of unbranched alkanes of at least 4 members (excludes halogenated alkanes) is 1. The summed E-state index contributed by atoms with van der Waals surface area (Å²) >= 11 is 0. The van der Waals surface area contributed by atoms with Gasteiger partial charge in [0.15, 0.2) is 6.29 Å². The fourth-order valence-electron chi connectivity index (χ4n) is 5.80. The maximum Gasteiger partial charge on any atom is 0.243 e. The van der Waals surface area contributed by atoms with Crippen LogP contribution in [0.3, 0.4) is 0 Å². The molecule has 9 heteroatoms. The summed E-state index contributed by atoms with van der Waals surface area (Å²) < 4.78 is 13.3. The highest BCUT2D eigenvalue weighted by molar-refractivity contribution is 5.90. The van der Waals surface area contributed by atoms with Gasteiger partial charge in [-0.15, -0.1) is 0 Å². The molecule has 1 fully saturated rings. The normalized spacial score (nSPS) is 17.7. The molecule has 1 saturated heterocycles. The number of hydroxylamine groups is 1. The molecule has 2 amide bonds. The number of nitrogens with zero attached hydrogens (tertiary/aromatic N) is 1. The average Bonchev–Trinajstić information content (AvgIpc) is 3.11. The van der Waals surface area contributed by atoms with E-state index < -0.39 is 12.2 Å². The monoisotopic (exact) mass is 637 g/mol. The highest BCUT2D eigenvalue weighted by atomic mass is 16.7. The molecule has 1 aliphatic rings. The van der Waals surface area contributed by atoms with E-state index in [-0.39, 0.29) is 37.6 Å². The van der Waals surface area contributed by atoms with Gasteiger partial charge in [-0.1, -0.05) is 97.1 Å². The van der Waals surface area contributed by atoms with Crippen molar-refractivity contribution in [3.8, 4) is 0 Å². The van der Waals surface area contributed by atoms with Crippen molar-refractivity contribution in [2.75, 3.05) is 11.9 Å². The molecule has 4 N–H and O–H groups in total. The minimum atomic E-state index is -0.666. The minimum absolute atomic E-state index is 0.0232. The molecule has 246 valence electrons. The first kappa shape index (κ1) is 34.0. The van der Waals surface area contributed by atoms with Gasteiger partial charge in [0.05, 0.1) is 18.8 Å². The van der Waals surface area contributed by atoms with Gasteiger partial charge in [-0.05, 0) is 47.2 Å². The number of rotatable bonds is 15. The molecule has 47 heavy (non-hydrogen) atoms. The fourth-order valence-corrected chi connectivity index (χ4v) is 5.80. The zero-order chi connectivity index (χ0) is 32.8. The van der Waals surface area contributed by atoms with Crippen molar-refractivity contribution in [1.29, 1.82) is 0 Å². The summed E-state index contributed by atoms with van der Waals surface area (Å²) in [6.07, 6.45) is 1.03. The van der Waals surface area contributed by atoms with Crippen LogP contribution in [0.15, 0.2) is 109 Å². The van der Waals surface area contributed by atoms with Gasteiger partial charge >= 0.3 is 0 Å². The van der Waals surface area contributed by atoms with Crippen molar-refractivity contribution in [2.45, 2.75) is 70.3 Å². The number of hydrogen-bond acceptors (Lipinski definition) is 7. The molecule has 0 aromatic heterocycles. The summed E-state index contributed by atoms with van der Waals surface area (Å²) in [5.74, 6) is -0.621. The second-order valence-corrected chi connectivity index (χ2v) is 11.9. The molecule has 4 aromatic carbocycles. The van der Waals surface area contributed by atoms with E-state index in [4.69, 9.17) is 14.7 Å². The molecule has 0 radical (unpaired) electrons. The lowest BCUT2D eigenvalue weighted by molar-refractivity contribution is -0.253. The highest BCUT2D eigenvalue weighted by Gasteiger charge is 2.33.